The third-order valence-corrected chi connectivity index (χ3v) is 6.14. The molecule has 0 fully saturated rings. The number of aromatic nitrogens is 2. The van der Waals surface area contributed by atoms with Crippen LogP contribution in [-0.2, 0) is 37.6 Å². The van der Waals surface area contributed by atoms with Crippen LogP contribution in [0.5, 0.6) is 0 Å². The fourth-order valence-electron chi connectivity index (χ4n) is 2.88. The van der Waals surface area contributed by atoms with Gasteiger partial charge in [-0.25, -0.2) is 27.0 Å². The maximum atomic E-state index is 12.4. The van der Waals surface area contributed by atoms with Crippen LogP contribution in [0.25, 0.3) is 11.0 Å². The van der Waals surface area contributed by atoms with Crippen LogP contribution in [-0.4, -0.2) is 45.1 Å². The molecule has 0 radical (unpaired) electrons. The van der Waals surface area contributed by atoms with Crippen molar-refractivity contribution in [2.75, 3.05) is 12.8 Å². The van der Waals surface area contributed by atoms with Crippen molar-refractivity contribution in [1.82, 2.24) is 14.9 Å². The molecule has 0 atom stereocenters. The van der Waals surface area contributed by atoms with Crippen LogP contribution >= 0.6 is 0 Å². The van der Waals surface area contributed by atoms with Gasteiger partial charge in [0.25, 0.3) is 0 Å². The van der Waals surface area contributed by atoms with Gasteiger partial charge in [0, 0.05) is 12.8 Å². The Kier molecular flexibility index (Phi) is 5.73. The summed E-state index contributed by atoms with van der Waals surface area (Å²) in [5.74, 6) is -0.362. The predicted octanol–water partition coefficient (Wildman–Crippen LogP) is 0.446. The Morgan fingerprint density at radius 3 is 2.34 bits per heavy atom. The van der Waals surface area contributed by atoms with Gasteiger partial charge in [0.05, 0.1) is 15.9 Å². The number of nitrogens with one attached hydrogen (secondary N) is 1. The number of hydrogen-bond donors (Lipinski definition) is 2. The summed E-state index contributed by atoms with van der Waals surface area (Å²) in [6.45, 7) is 0.113. The van der Waals surface area contributed by atoms with Crippen molar-refractivity contribution in [3.63, 3.8) is 0 Å². The number of imidazole rings is 1. The topological polar surface area (TPSA) is 141 Å². The summed E-state index contributed by atoms with van der Waals surface area (Å²) in [6, 6.07) is 12.9. The maximum Gasteiger partial charge on any atom is 0.240 e. The Balaban J connectivity index is 1.67. The molecule has 0 aliphatic heterocycles. The Hall–Kier alpha value is -2.76. The number of para-hydroxylation sites is 2. The first kappa shape index (κ1) is 21.0. The van der Waals surface area contributed by atoms with E-state index in [1.54, 1.807) is 36.4 Å². The van der Waals surface area contributed by atoms with E-state index in [4.69, 9.17) is 5.14 Å². The molecule has 3 aromatic rings. The Morgan fingerprint density at radius 1 is 1.07 bits per heavy atom. The molecule has 0 unspecified atom stereocenters. The highest BCUT2D eigenvalue weighted by Gasteiger charge is 2.20. The van der Waals surface area contributed by atoms with Crippen LogP contribution in [0.3, 0.4) is 0 Å². The van der Waals surface area contributed by atoms with E-state index in [0.717, 1.165) is 11.8 Å². The predicted molar refractivity (Wildman–Crippen MR) is 107 cm³/mol. The zero-order chi connectivity index (χ0) is 21.2. The van der Waals surface area contributed by atoms with E-state index < -0.39 is 19.9 Å². The summed E-state index contributed by atoms with van der Waals surface area (Å²) < 4.78 is 48.0. The summed E-state index contributed by atoms with van der Waals surface area (Å²) >= 11 is 0. The molecular weight excluding hydrogens is 416 g/mol. The lowest BCUT2D eigenvalue weighted by atomic mass is 10.1. The zero-order valence-electron chi connectivity index (χ0n) is 15.6. The highest BCUT2D eigenvalue weighted by atomic mass is 32.2. The minimum atomic E-state index is -3.74. The van der Waals surface area contributed by atoms with Crippen LogP contribution in [0.15, 0.2) is 58.6 Å². The van der Waals surface area contributed by atoms with Crippen molar-refractivity contribution < 1.29 is 21.6 Å². The fraction of sp³-hybridized carbons (Fsp3) is 0.222. The number of amides is 1. The number of fused-ring (bicyclic) bond motifs is 1. The Labute approximate surface area is 168 Å². The molecule has 1 amide bonds. The smallest absolute Gasteiger partial charge is 0.240 e. The van der Waals surface area contributed by atoms with Crippen LogP contribution < -0.4 is 10.5 Å². The van der Waals surface area contributed by atoms with Crippen LogP contribution in [0, 0.1) is 0 Å². The van der Waals surface area contributed by atoms with Crippen molar-refractivity contribution in [2.24, 2.45) is 5.14 Å². The number of carbonyl (C=O) groups is 1. The molecule has 0 saturated heterocycles. The molecule has 3 N–H and O–H groups in total. The van der Waals surface area contributed by atoms with Crippen LogP contribution in [0.2, 0.25) is 0 Å². The van der Waals surface area contributed by atoms with Crippen molar-refractivity contribution in [3.8, 4) is 0 Å². The van der Waals surface area contributed by atoms with E-state index >= 15 is 0 Å². The molecule has 1 heterocycles. The molecule has 11 heteroatoms. The van der Waals surface area contributed by atoms with E-state index in [1.165, 1.54) is 16.7 Å². The van der Waals surface area contributed by atoms with Gasteiger partial charge in [-0.05, 0) is 36.2 Å². The largest absolute Gasteiger partial charge is 0.354 e. The van der Waals surface area contributed by atoms with Gasteiger partial charge < -0.3 is 9.88 Å². The third kappa shape index (κ3) is 5.00. The SMILES string of the molecule is CS(=O)(=O)c1nc2ccccc2n1CC(=O)NCCc1ccc(S(N)(=O)=O)cc1. The van der Waals surface area contributed by atoms with E-state index in [-0.39, 0.29) is 22.5 Å². The monoisotopic (exact) mass is 436 g/mol. The molecule has 2 aromatic carbocycles. The molecule has 0 aliphatic carbocycles. The van der Waals surface area contributed by atoms with E-state index in [2.05, 4.69) is 10.3 Å². The lowest BCUT2D eigenvalue weighted by molar-refractivity contribution is -0.121. The average Bonchev–Trinajstić information content (AvgIpc) is 3.00. The molecule has 154 valence electrons. The average molecular weight is 437 g/mol. The van der Waals surface area contributed by atoms with Gasteiger partial charge in [-0.3, -0.25) is 4.79 Å². The number of hydrogen-bond acceptors (Lipinski definition) is 6. The van der Waals surface area contributed by atoms with Crippen molar-refractivity contribution in [1.29, 1.82) is 0 Å². The van der Waals surface area contributed by atoms with Gasteiger partial charge in [0.1, 0.15) is 6.54 Å². The quantitative estimate of drug-likeness (QED) is 0.551. The van der Waals surface area contributed by atoms with Gasteiger partial charge in [-0.15, -0.1) is 0 Å². The number of primary sulfonamides is 1. The van der Waals surface area contributed by atoms with Crippen molar-refractivity contribution in [3.05, 3.63) is 54.1 Å². The summed E-state index contributed by atoms with van der Waals surface area (Å²) in [5, 5.41) is 7.63. The number of rotatable bonds is 7. The molecule has 3 rings (SSSR count). The molecule has 0 spiro atoms. The summed E-state index contributed by atoms with van der Waals surface area (Å²) in [5.41, 5.74) is 1.87. The van der Waals surface area contributed by atoms with Gasteiger partial charge >= 0.3 is 0 Å². The van der Waals surface area contributed by atoms with Gasteiger partial charge in [0.15, 0.2) is 0 Å². The molecule has 0 bridgehead atoms. The second-order valence-corrected chi connectivity index (χ2v) is 10.0. The van der Waals surface area contributed by atoms with Gasteiger partial charge in [-0.2, -0.15) is 0 Å². The second kappa shape index (κ2) is 7.93. The number of nitrogens with zero attached hydrogens (tertiary/aromatic N) is 2. The number of nitrogens with two attached hydrogens (primary N) is 1. The lowest BCUT2D eigenvalue weighted by Crippen LogP contribution is -2.30. The summed E-state index contributed by atoms with van der Waals surface area (Å²) in [6.07, 6.45) is 1.52. The Bertz CT molecular complexity index is 1260. The Morgan fingerprint density at radius 2 is 1.72 bits per heavy atom. The lowest BCUT2D eigenvalue weighted by Gasteiger charge is -2.09. The molecular formula is C18H20N4O5S2. The number of benzene rings is 2. The van der Waals surface area contributed by atoms with Crippen molar-refractivity contribution >= 4 is 36.8 Å². The third-order valence-electron chi connectivity index (χ3n) is 4.24. The summed E-state index contributed by atoms with van der Waals surface area (Å²) in [4.78, 5) is 16.5. The number of sulfone groups is 1. The minimum absolute atomic E-state index is 0.0191. The minimum Gasteiger partial charge on any atom is -0.354 e. The van der Waals surface area contributed by atoms with Crippen molar-refractivity contribution in [2.45, 2.75) is 23.0 Å². The van der Waals surface area contributed by atoms with Crippen LogP contribution in [0.1, 0.15) is 5.56 Å². The molecule has 9 nitrogen and oxygen atoms in total. The highest BCUT2D eigenvalue weighted by Crippen LogP contribution is 2.19. The number of carbonyl (C=O) groups excluding carboxylic acids is 1. The number of sulfonamides is 1. The second-order valence-electron chi connectivity index (χ2n) is 6.53. The van der Waals surface area contributed by atoms with Gasteiger partial charge in [0.2, 0.25) is 30.9 Å². The highest BCUT2D eigenvalue weighted by molar-refractivity contribution is 7.90. The molecule has 0 saturated carbocycles. The van der Waals surface area contributed by atoms with E-state index in [0.29, 0.717) is 24.0 Å². The molecule has 1 aromatic heterocycles. The molecule has 29 heavy (non-hydrogen) atoms. The first-order valence-corrected chi connectivity index (χ1v) is 12.0. The summed E-state index contributed by atoms with van der Waals surface area (Å²) in [7, 11) is -7.35. The van der Waals surface area contributed by atoms with E-state index in [9.17, 15) is 21.6 Å². The van der Waals surface area contributed by atoms with E-state index in [1.807, 2.05) is 0 Å². The fourth-order valence-corrected chi connectivity index (χ4v) is 4.22. The van der Waals surface area contributed by atoms with Crippen LogP contribution in [0.4, 0.5) is 0 Å². The molecule has 0 aliphatic rings. The maximum absolute atomic E-state index is 12.4. The zero-order valence-corrected chi connectivity index (χ0v) is 17.2. The normalized spacial score (nSPS) is 12.2. The standard InChI is InChI=1S/C18H20N4O5S2/c1-28(24,25)18-21-15-4-2-3-5-16(15)22(18)12-17(23)20-11-10-13-6-8-14(9-7-13)29(19,26)27/h2-9H,10-12H2,1H3,(H,20,23)(H2,19,26,27). The van der Waals surface area contributed by atoms with Gasteiger partial charge in [-0.1, -0.05) is 24.3 Å². The first-order chi connectivity index (χ1) is 13.6. The first-order valence-electron chi connectivity index (χ1n) is 8.59.